The fourth-order valence-electron chi connectivity index (χ4n) is 3.51. The maximum atomic E-state index is 12.7. The molecule has 10 nitrogen and oxygen atoms in total. The van der Waals surface area contributed by atoms with Crippen molar-refractivity contribution in [1.29, 1.82) is 0 Å². The molecule has 0 aliphatic carbocycles. The number of hydrogen-bond acceptors (Lipinski definition) is 7. The van der Waals surface area contributed by atoms with Crippen LogP contribution < -0.4 is 16.0 Å². The number of ether oxygens (including phenoxy) is 3. The second-order valence-corrected chi connectivity index (χ2v) is 10.2. The van der Waals surface area contributed by atoms with Crippen LogP contribution in [0.5, 0.6) is 0 Å². The molecule has 0 aromatic carbocycles. The van der Waals surface area contributed by atoms with Gasteiger partial charge in [-0.3, -0.25) is 9.59 Å². The summed E-state index contributed by atoms with van der Waals surface area (Å²) in [5.41, 5.74) is 0.940. The number of carbonyl (C=O) groups excluding carboxylic acids is 4. The third kappa shape index (κ3) is 17.7. The van der Waals surface area contributed by atoms with E-state index < -0.39 is 30.1 Å². The molecule has 3 amide bonds. The first-order valence-electron chi connectivity index (χ1n) is 14.4. The van der Waals surface area contributed by atoms with Gasteiger partial charge in [0.15, 0.2) is 5.76 Å². The van der Waals surface area contributed by atoms with Crippen LogP contribution in [0.2, 0.25) is 0 Å². The molecule has 0 fully saturated rings. The predicted molar refractivity (Wildman–Crippen MR) is 170 cm³/mol. The van der Waals surface area contributed by atoms with Crippen molar-refractivity contribution in [3.05, 3.63) is 71.2 Å². The van der Waals surface area contributed by atoms with Crippen LogP contribution in [0.1, 0.15) is 67.2 Å². The predicted octanol–water partition coefficient (Wildman–Crippen LogP) is 5.73. The second-order valence-electron chi connectivity index (χ2n) is 9.62. The van der Waals surface area contributed by atoms with Crippen molar-refractivity contribution >= 4 is 35.5 Å². The zero-order valence-corrected chi connectivity index (χ0v) is 27.3. The highest BCUT2D eigenvalue weighted by Crippen LogP contribution is 2.18. The molecule has 3 unspecified atom stereocenters. The van der Waals surface area contributed by atoms with Crippen molar-refractivity contribution in [3.63, 3.8) is 0 Å². The first-order valence-corrected chi connectivity index (χ1v) is 14.8. The monoisotopic (exact) mass is 621 g/mol. The molecule has 0 bridgehead atoms. The van der Waals surface area contributed by atoms with Crippen LogP contribution in [0.15, 0.2) is 71.2 Å². The van der Waals surface area contributed by atoms with Crippen LogP contribution in [0.4, 0.5) is 4.79 Å². The first kappa shape index (κ1) is 39.2. The van der Waals surface area contributed by atoms with E-state index in [0.29, 0.717) is 30.7 Å². The number of cyclic esters (lactones) is 1. The first-order chi connectivity index (χ1) is 20.5. The highest BCUT2D eigenvalue weighted by Gasteiger charge is 2.23. The zero-order valence-electron chi connectivity index (χ0n) is 26.6. The summed E-state index contributed by atoms with van der Waals surface area (Å²) in [6, 6.07) is -0.756. The van der Waals surface area contributed by atoms with E-state index in [9.17, 15) is 19.2 Å². The van der Waals surface area contributed by atoms with E-state index >= 15 is 0 Å². The Morgan fingerprint density at radius 3 is 2.37 bits per heavy atom. The van der Waals surface area contributed by atoms with Gasteiger partial charge in [0.05, 0.1) is 7.11 Å². The van der Waals surface area contributed by atoms with E-state index in [-0.39, 0.29) is 23.7 Å². The number of halogens is 1. The van der Waals surface area contributed by atoms with Gasteiger partial charge in [-0.1, -0.05) is 81.3 Å². The molecule has 0 aromatic rings. The van der Waals surface area contributed by atoms with Crippen molar-refractivity contribution < 1.29 is 33.4 Å². The number of allylic oxidation sites excluding steroid dienone is 5. The quantitative estimate of drug-likeness (QED) is 0.121. The van der Waals surface area contributed by atoms with Crippen LogP contribution >= 0.6 is 11.6 Å². The number of methoxy groups -OCH3 is 1. The lowest BCUT2D eigenvalue weighted by atomic mass is 10.0. The second kappa shape index (κ2) is 22.8. The van der Waals surface area contributed by atoms with Crippen molar-refractivity contribution in [2.45, 2.75) is 85.5 Å². The van der Waals surface area contributed by atoms with Crippen LogP contribution in [-0.4, -0.2) is 56.3 Å². The van der Waals surface area contributed by atoms with Crippen molar-refractivity contribution in [1.82, 2.24) is 16.0 Å². The molecule has 240 valence electrons. The number of carbonyl (C=O) groups is 4. The molecule has 43 heavy (non-hydrogen) atoms. The molecule has 1 aliphatic heterocycles. The topological polar surface area (TPSA) is 132 Å². The van der Waals surface area contributed by atoms with Crippen LogP contribution in [0, 0.1) is 5.92 Å². The third-order valence-corrected chi connectivity index (χ3v) is 5.96. The molecule has 1 aliphatic rings. The summed E-state index contributed by atoms with van der Waals surface area (Å²) in [6.07, 6.45) is 15.7. The summed E-state index contributed by atoms with van der Waals surface area (Å²) in [6.45, 7) is 11.3. The van der Waals surface area contributed by atoms with E-state index in [1.165, 1.54) is 26.4 Å². The smallest absolute Gasteiger partial charge is 0.407 e. The number of rotatable bonds is 15. The molecule has 11 heteroatoms. The third-order valence-electron chi connectivity index (χ3n) is 5.81. The molecule has 0 aromatic heterocycles. The summed E-state index contributed by atoms with van der Waals surface area (Å²) in [4.78, 5) is 48.4. The summed E-state index contributed by atoms with van der Waals surface area (Å²) in [5.74, 6) is -1.18. The summed E-state index contributed by atoms with van der Waals surface area (Å²) in [7, 11) is 2.90. The van der Waals surface area contributed by atoms with E-state index in [1.54, 1.807) is 37.3 Å². The Labute approximate surface area is 261 Å². The minimum atomic E-state index is -0.756. The molecule has 0 saturated heterocycles. The van der Waals surface area contributed by atoms with Crippen LogP contribution in [0.25, 0.3) is 0 Å². The number of esters is 1. The molecule has 0 radical (unpaired) electrons. The number of amides is 3. The number of nitrogens with one attached hydrogen (secondary N) is 3. The van der Waals surface area contributed by atoms with Crippen molar-refractivity contribution in [2.24, 2.45) is 5.92 Å². The molecule has 0 spiro atoms. The Kier molecular flexibility index (Phi) is 20.8. The summed E-state index contributed by atoms with van der Waals surface area (Å²) < 4.78 is 15.6. The molecular formula is C32H48ClN3O7. The minimum Gasteiger partial charge on any atom is -0.490 e. The maximum absolute atomic E-state index is 12.7. The Bertz CT molecular complexity index is 1090. The van der Waals surface area contributed by atoms with Gasteiger partial charge in [-0.05, 0) is 32.0 Å². The molecule has 3 N–H and O–H groups in total. The SMILES string of the molecule is CC.CNC(=O)OC(C/C=C\NC(=O)C(NC(=O)\C=C/C=C\C(C)=C\CC1CC=C(OC)C(=O)O1)C(C)C)C/C=C(\C)Cl. The van der Waals surface area contributed by atoms with Crippen LogP contribution in [0.3, 0.4) is 0 Å². The Morgan fingerprint density at radius 2 is 1.79 bits per heavy atom. The fourth-order valence-corrected chi connectivity index (χ4v) is 3.60. The Hall–Kier alpha value is -3.79. The van der Waals surface area contributed by atoms with Gasteiger partial charge in [-0.15, -0.1) is 0 Å². The highest BCUT2D eigenvalue weighted by molar-refractivity contribution is 6.29. The lowest BCUT2D eigenvalue weighted by molar-refractivity contribution is -0.149. The van der Waals surface area contributed by atoms with Gasteiger partial charge in [0.25, 0.3) is 0 Å². The van der Waals surface area contributed by atoms with E-state index in [1.807, 2.05) is 46.8 Å². The Balaban J connectivity index is 0.00000862. The largest absolute Gasteiger partial charge is 0.490 e. The van der Waals surface area contributed by atoms with E-state index in [4.69, 9.17) is 25.8 Å². The lowest BCUT2D eigenvalue weighted by Crippen LogP contribution is -2.48. The standard InChI is InChI=1S/C30H42ClN3O7.C2H6/c1-20(2)27(28(36)33-19-9-11-23(16-14-22(4)31)41-30(38)32-5)34-26(35)12-8-7-10-21(3)13-15-24-17-18-25(39-6)29(37)40-24;1-2/h7-10,12-14,18-20,23-24,27H,11,15-17H2,1-6H3,(H,32,38)(H,33,36)(H,34,35);1-2H3/b10-7-,12-8-,19-9-,21-13+,22-14+;. The highest BCUT2D eigenvalue weighted by atomic mass is 35.5. The summed E-state index contributed by atoms with van der Waals surface area (Å²) in [5, 5.41) is 8.37. The van der Waals surface area contributed by atoms with Gasteiger partial charge in [-0.25, -0.2) is 9.59 Å². The van der Waals surface area contributed by atoms with Gasteiger partial charge < -0.3 is 30.2 Å². The van der Waals surface area contributed by atoms with Crippen molar-refractivity contribution in [3.8, 4) is 0 Å². The minimum absolute atomic E-state index is 0.161. The average molecular weight is 622 g/mol. The normalized spacial score (nSPS) is 17.1. The molecule has 1 heterocycles. The molecular weight excluding hydrogens is 574 g/mol. The van der Waals surface area contributed by atoms with Crippen LogP contribution in [-0.2, 0) is 28.6 Å². The van der Waals surface area contributed by atoms with Crippen molar-refractivity contribution in [2.75, 3.05) is 14.2 Å². The van der Waals surface area contributed by atoms with E-state index in [0.717, 1.165) is 5.57 Å². The van der Waals surface area contributed by atoms with Gasteiger partial charge >= 0.3 is 12.1 Å². The van der Waals surface area contributed by atoms with Gasteiger partial charge in [0.1, 0.15) is 18.2 Å². The maximum Gasteiger partial charge on any atom is 0.407 e. The van der Waals surface area contributed by atoms with Gasteiger partial charge in [0, 0.05) is 43.8 Å². The molecule has 3 atom stereocenters. The van der Waals surface area contributed by atoms with Gasteiger partial charge in [0.2, 0.25) is 11.8 Å². The average Bonchev–Trinajstić information content (AvgIpc) is 2.98. The number of hydrogen-bond donors (Lipinski definition) is 3. The summed E-state index contributed by atoms with van der Waals surface area (Å²) >= 11 is 5.87. The molecule has 1 rings (SSSR count). The number of alkyl carbamates (subject to hydrolysis) is 1. The lowest BCUT2D eigenvalue weighted by Gasteiger charge is -2.20. The Morgan fingerprint density at radius 1 is 1.12 bits per heavy atom. The molecule has 0 saturated carbocycles. The van der Waals surface area contributed by atoms with E-state index in [2.05, 4.69) is 16.0 Å². The van der Waals surface area contributed by atoms with Gasteiger partial charge in [-0.2, -0.15) is 0 Å². The zero-order chi connectivity index (χ0) is 32.8. The fraction of sp³-hybridized carbons (Fsp3) is 0.500.